The van der Waals surface area contributed by atoms with Gasteiger partial charge in [0.05, 0.1) is 5.60 Å². The zero-order valence-corrected chi connectivity index (χ0v) is 18.3. The van der Waals surface area contributed by atoms with Gasteiger partial charge in [0.2, 0.25) is 5.91 Å². The van der Waals surface area contributed by atoms with Crippen LogP contribution in [0.4, 0.5) is 0 Å². The lowest BCUT2D eigenvalue weighted by Gasteiger charge is -2.61. The maximum atomic E-state index is 13.7. The summed E-state index contributed by atoms with van der Waals surface area (Å²) < 4.78 is 0. The zero-order chi connectivity index (χ0) is 20.3. The summed E-state index contributed by atoms with van der Waals surface area (Å²) in [6, 6.07) is 9.12. The molecule has 1 aromatic carbocycles. The Morgan fingerprint density at radius 3 is 2.61 bits per heavy atom. The SMILES string of the molecule is CC(C)(O)[C@H]1CCC[C@@H](C(=O)N2CC[C@@]3(C)c4ccccc4C[C@@H]2C3(C)C)C1. The number of piperidine rings is 1. The number of likely N-dealkylation sites (tertiary alicyclic amines) is 1. The molecule has 2 aliphatic carbocycles. The predicted molar refractivity (Wildman–Crippen MR) is 113 cm³/mol. The van der Waals surface area contributed by atoms with E-state index in [1.165, 1.54) is 11.1 Å². The lowest BCUT2D eigenvalue weighted by molar-refractivity contribution is -0.151. The smallest absolute Gasteiger partial charge is 0.225 e. The molecule has 2 bridgehead atoms. The van der Waals surface area contributed by atoms with Crippen LogP contribution in [0.5, 0.6) is 0 Å². The van der Waals surface area contributed by atoms with Gasteiger partial charge in [0.15, 0.2) is 0 Å². The standard InChI is InChI=1S/C25H37NO2/c1-23(2)21-16-17-9-6-7-12-20(17)25(23,5)13-14-26(21)22(27)18-10-8-11-19(15-18)24(3,4)28/h6-7,9,12,18-19,21,28H,8,10-11,13-16H2,1-5H3/t18-,19+,21-,25+/m1/s1. The molecular formula is C25H37NO2. The molecule has 1 saturated carbocycles. The molecule has 154 valence electrons. The molecule has 0 radical (unpaired) electrons. The third-order valence-electron chi connectivity index (χ3n) is 8.81. The highest BCUT2D eigenvalue weighted by Crippen LogP contribution is 2.56. The van der Waals surface area contributed by atoms with Crippen molar-refractivity contribution >= 4 is 5.91 Å². The van der Waals surface area contributed by atoms with E-state index >= 15 is 0 Å². The number of aliphatic hydroxyl groups is 1. The lowest BCUT2D eigenvalue weighted by atomic mass is 9.51. The summed E-state index contributed by atoms with van der Waals surface area (Å²) >= 11 is 0. The normalized spacial score (nSPS) is 34.6. The summed E-state index contributed by atoms with van der Waals surface area (Å²) in [6.07, 6.45) is 5.89. The third kappa shape index (κ3) is 2.93. The van der Waals surface area contributed by atoms with Gasteiger partial charge in [-0.2, -0.15) is 0 Å². The first-order valence-corrected chi connectivity index (χ1v) is 11.2. The highest BCUT2D eigenvalue weighted by Gasteiger charge is 2.57. The van der Waals surface area contributed by atoms with Crippen LogP contribution in [0.1, 0.15) is 77.8 Å². The van der Waals surface area contributed by atoms with Crippen molar-refractivity contribution in [3.05, 3.63) is 35.4 Å². The van der Waals surface area contributed by atoms with E-state index in [2.05, 4.69) is 49.9 Å². The highest BCUT2D eigenvalue weighted by atomic mass is 16.3. The Bertz CT molecular complexity index is 762. The van der Waals surface area contributed by atoms with Crippen molar-refractivity contribution < 1.29 is 9.90 Å². The monoisotopic (exact) mass is 383 g/mol. The molecule has 3 aliphatic rings. The summed E-state index contributed by atoms with van der Waals surface area (Å²) in [4.78, 5) is 15.9. The van der Waals surface area contributed by atoms with E-state index in [1.807, 2.05) is 13.8 Å². The molecule has 3 nitrogen and oxygen atoms in total. The molecule has 2 fully saturated rings. The molecule has 1 aliphatic heterocycles. The number of carbonyl (C=O) groups is 1. The first-order chi connectivity index (χ1) is 13.1. The molecule has 0 spiro atoms. The van der Waals surface area contributed by atoms with Crippen molar-refractivity contribution in [2.24, 2.45) is 17.3 Å². The molecule has 0 aromatic heterocycles. The summed E-state index contributed by atoms with van der Waals surface area (Å²) in [5.74, 6) is 0.640. The van der Waals surface area contributed by atoms with Gasteiger partial charge in [-0.15, -0.1) is 0 Å². The van der Waals surface area contributed by atoms with Crippen LogP contribution in [0.2, 0.25) is 0 Å². The molecule has 3 heteroatoms. The first kappa shape index (κ1) is 19.9. The number of benzene rings is 1. The summed E-state index contributed by atoms with van der Waals surface area (Å²) in [5, 5.41) is 10.5. The molecule has 4 atom stereocenters. The minimum atomic E-state index is -0.692. The van der Waals surface area contributed by atoms with Crippen molar-refractivity contribution in [2.45, 2.75) is 90.2 Å². The van der Waals surface area contributed by atoms with Crippen molar-refractivity contribution in [2.75, 3.05) is 6.54 Å². The topological polar surface area (TPSA) is 40.5 Å². The molecule has 1 saturated heterocycles. The minimum absolute atomic E-state index is 0.0551. The second-order valence-corrected chi connectivity index (χ2v) is 10.9. The van der Waals surface area contributed by atoms with E-state index in [9.17, 15) is 9.90 Å². The quantitative estimate of drug-likeness (QED) is 0.804. The van der Waals surface area contributed by atoms with Gasteiger partial charge in [-0.05, 0) is 68.4 Å². The molecule has 28 heavy (non-hydrogen) atoms. The van der Waals surface area contributed by atoms with Crippen LogP contribution in [0.15, 0.2) is 24.3 Å². The number of hydrogen-bond acceptors (Lipinski definition) is 2. The number of hydrogen-bond donors (Lipinski definition) is 1. The van der Waals surface area contributed by atoms with Gasteiger partial charge in [-0.3, -0.25) is 4.79 Å². The Kier molecular flexibility index (Phi) is 4.69. The fraction of sp³-hybridized carbons (Fsp3) is 0.720. The number of carbonyl (C=O) groups excluding carboxylic acids is 1. The van der Waals surface area contributed by atoms with E-state index in [4.69, 9.17) is 0 Å². The average Bonchev–Trinajstić information content (AvgIpc) is 2.64. The lowest BCUT2D eigenvalue weighted by Crippen LogP contribution is -2.65. The van der Waals surface area contributed by atoms with Gasteiger partial charge in [0.25, 0.3) is 0 Å². The van der Waals surface area contributed by atoms with Crippen LogP contribution >= 0.6 is 0 Å². The minimum Gasteiger partial charge on any atom is -0.390 e. The van der Waals surface area contributed by atoms with Gasteiger partial charge >= 0.3 is 0 Å². The molecule has 1 N–H and O–H groups in total. The van der Waals surface area contributed by atoms with E-state index in [0.29, 0.717) is 5.91 Å². The maximum Gasteiger partial charge on any atom is 0.225 e. The fourth-order valence-electron chi connectivity index (χ4n) is 6.43. The Hall–Kier alpha value is -1.35. The Morgan fingerprint density at radius 1 is 1.18 bits per heavy atom. The van der Waals surface area contributed by atoms with Crippen LogP contribution in [0, 0.1) is 17.3 Å². The van der Waals surface area contributed by atoms with Gasteiger partial charge in [-0.1, -0.05) is 51.5 Å². The van der Waals surface area contributed by atoms with Crippen molar-refractivity contribution in [3.8, 4) is 0 Å². The second kappa shape index (κ2) is 6.58. The Morgan fingerprint density at radius 2 is 1.89 bits per heavy atom. The number of amides is 1. The Balaban J connectivity index is 1.62. The van der Waals surface area contributed by atoms with E-state index in [-0.39, 0.29) is 28.7 Å². The average molecular weight is 384 g/mol. The van der Waals surface area contributed by atoms with Crippen LogP contribution in [0.25, 0.3) is 0 Å². The van der Waals surface area contributed by atoms with E-state index in [1.54, 1.807) is 0 Å². The van der Waals surface area contributed by atoms with Crippen LogP contribution in [0.3, 0.4) is 0 Å². The summed E-state index contributed by atoms with van der Waals surface area (Å²) in [5.41, 5.74) is 2.39. The zero-order valence-electron chi connectivity index (χ0n) is 18.3. The molecule has 4 rings (SSSR count). The molecule has 1 heterocycles. The highest BCUT2D eigenvalue weighted by molar-refractivity contribution is 5.80. The maximum absolute atomic E-state index is 13.7. The second-order valence-electron chi connectivity index (χ2n) is 10.9. The van der Waals surface area contributed by atoms with Crippen molar-refractivity contribution in [3.63, 3.8) is 0 Å². The predicted octanol–water partition coefficient (Wildman–Crippen LogP) is 4.70. The first-order valence-electron chi connectivity index (χ1n) is 11.2. The van der Waals surface area contributed by atoms with Crippen molar-refractivity contribution in [1.82, 2.24) is 4.90 Å². The molecule has 1 aromatic rings. The largest absolute Gasteiger partial charge is 0.390 e. The number of rotatable bonds is 2. The van der Waals surface area contributed by atoms with Crippen LogP contribution in [-0.2, 0) is 16.6 Å². The Labute approximate surface area is 170 Å². The third-order valence-corrected chi connectivity index (χ3v) is 8.81. The van der Waals surface area contributed by atoms with Gasteiger partial charge in [-0.25, -0.2) is 0 Å². The molecule has 0 unspecified atom stereocenters. The summed E-state index contributed by atoms with van der Waals surface area (Å²) in [7, 11) is 0. The number of nitrogens with zero attached hydrogens (tertiary/aromatic N) is 1. The van der Waals surface area contributed by atoms with Crippen LogP contribution in [-0.4, -0.2) is 34.1 Å². The van der Waals surface area contributed by atoms with Gasteiger partial charge in [0, 0.05) is 23.9 Å². The van der Waals surface area contributed by atoms with Gasteiger partial charge < -0.3 is 10.0 Å². The van der Waals surface area contributed by atoms with Crippen molar-refractivity contribution in [1.29, 1.82) is 0 Å². The summed E-state index contributed by atoms with van der Waals surface area (Å²) in [6.45, 7) is 11.8. The van der Waals surface area contributed by atoms with E-state index in [0.717, 1.165) is 45.1 Å². The van der Waals surface area contributed by atoms with E-state index < -0.39 is 5.60 Å². The van der Waals surface area contributed by atoms with Gasteiger partial charge in [0.1, 0.15) is 0 Å². The van der Waals surface area contributed by atoms with Crippen LogP contribution < -0.4 is 0 Å². The fourth-order valence-corrected chi connectivity index (χ4v) is 6.43. The number of fused-ring (bicyclic) bond motifs is 4. The molecular weight excluding hydrogens is 346 g/mol. The molecule has 1 amide bonds.